The van der Waals surface area contributed by atoms with Gasteiger partial charge in [0.2, 0.25) is 17.7 Å². The predicted octanol–water partition coefficient (Wildman–Crippen LogP) is -1.97. The summed E-state index contributed by atoms with van der Waals surface area (Å²) >= 11 is 1.45. The molecule has 0 aromatic heterocycles. The Bertz CT molecular complexity index is 822. The minimum absolute atomic E-state index is 0.0580. The van der Waals surface area contributed by atoms with E-state index in [1.54, 1.807) is 0 Å². The van der Waals surface area contributed by atoms with Crippen LogP contribution >= 0.6 is 11.8 Å². The number of carbonyl (C=O) groups is 5. The van der Waals surface area contributed by atoms with Gasteiger partial charge in [-0.05, 0) is 50.5 Å². The van der Waals surface area contributed by atoms with Crippen molar-refractivity contribution in [1.29, 1.82) is 0 Å². The van der Waals surface area contributed by atoms with Gasteiger partial charge in [-0.1, -0.05) is 0 Å². The second-order valence-corrected chi connectivity index (χ2v) is 9.41. The molecule has 1 rings (SSSR count). The van der Waals surface area contributed by atoms with E-state index in [1.165, 1.54) is 16.7 Å². The molecule has 1 aliphatic rings. The van der Waals surface area contributed by atoms with Crippen LogP contribution in [0.3, 0.4) is 0 Å². The number of carboxylic acids is 2. The quantitative estimate of drug-likeness (QED) is 0.0654. The largest absolute Gasteiger partial charge is 0.481 e. The van der Waals surface area contributed by atoms with E-state index in [2.05, 4.69) is 15.6 Å². The first kappa shape index (κ1) is 31.0. The summed E-state index contributed by atoms with van der Waals surface area (Å²) in [6.07, 6.45) is 3.06. The molecule has 14 nitrogen and oxygen atoms in total. The monoisotopic (exact) mass is 531 g/mol. The van der Waals surface area contributed by atoms with Crippen molar-refractivity contribution in [3.63, 3.8) is 0 Å². The number of carbonyl (C=O) groups excluding carboxylic acids is 3. The number of hydrogen-bond donors (Lipinski definition) is 7. The normalized spacial score (nSPS) is 17.5. The third kappa shape index (κ3) is 10.7. The van der Waals surface area contributed by atoms with Crippen molar-refractivity contribution in [2.24, 2.45) is 22.2 Å². The van der Waals surface area contributed by atoms with Crippen molar-refractivity contribution >= 4 is 47.4 Å². The molecule has 3 amide bonds. The number of thioether (sulfide) groups is 1. The molecule has 4 atom stereocenters. The van der Waals surface area contributed by atoms with Gasteiger partial charge in [0.05, 0.1) is 6.04 Å². The summed E-state index contributed by atoms with van der Waals surface area (Å²) in [5, 5.41) is 23.4. The second-order valence-electron chi connectivity index (χ2n) is 8.42. The predicted molar refractivity (Wildman–Crippen MR) is 134 cm³/mol. The lowest BCUT2D eigenvalue weighted by Gasteiger charge is -2.28. The van der Waals surface area contributed by atoms with Crippen LogP contribution in [0.15, 0.2) is 4.99 Å². The number of nitrogens with zero attached hydrogens (tertiary/aromatic N) is 2. The van der Waals surface area contributed by atoms with Gasteiger partial charge in [0, 0.05) is 19.5 Å². The minimum atomic E-state index is -1.23. The maximum atomic E-state index is 13.0. The highest BCUT2D eigenvalue weighted by molar-refractivity contribution is 7.98. The van der Waals surface area contributed by atoms with Gasteiger partial charge >= 0.3 is 11.9 Å². The van der Waals surface area contributed by atoms with Crippen molar-refractivity contribution < 1.29 is 34.2 Å². The molecule has 36 heavy (non-hydrogen) atoms. The van der Waals surface area contributed by atoms with Gasteiger partial charge in [-0.3, -0.25) is 24.2 Å². The molecule has 1 aliphatic heterocycles. The van der Waals surface area contributed by atoms with Crippen LogP contribution in [0.1, 0.15) is 44.9 Å². The molecule has 204 valence electrons. The number of rotatable bonds is 16. The van der Waals surface area contributed by atoms with E-state index in [-0.39, 0.29) is 44.7 Å². The van der Waals surface area contributed by atoms with Crippen molar-refractivity contribution in [3.8, 4) is 0 Å². The summed E-state index contributed by atoms with van der Waals surface area (Å²) in [6, 6.07) is -4.12. The zero-order valence-corrected chi connectivity index (χ0v) is 21.2. The van der Waals surface area contributed by atoms with E-state index in [1.807, 2.05) is 6.26 Å². The number of nitrogens with one attached hydrogen (secondary N) is 2. The van der Waals surface area contributed by atoms with Crippen molar-refractivity contribution in [2.75, 3.05) is 25.1 Å². The van der Waals surface area contributed by atoms with E-state index in [0.717, 1.165) is 0 Å². The highest BCUT2D eigenvalue weighted by atomic mass is 32.2. The molecule has 15 heteroatoms. The topological polar surface area (TPSA) is 244 Å². The van der Waals surface area contributed by atoms with E-state index in [0.29, 0.717) is 25.0 Å². The number of amides is 3. The first-order valence-electron chi connectivity index (χ1n) is 11.6. The summed E-state index contributed by atoms with van der Waals surface area (Å²) in [5.74, 6) is -3.63. The molecular weight excluding hydrogens is 494 g/mol. The lowest BCUT2D eigenvalue weighted by Crippen LogP contribution is -2.56. The maximum Gasteiger partial charge on any atom is 0.326 e. The fourth-order valence-corrected chi connectivity index (χ4v) is 4.20. The van der Waals surface area contributed by atoms with Gasteiger partial charge in [-0.15, -0.1) is 0 Å². The minimum Gasteiger partial charge on any atom is -0.481 e. The van der Waals surface area contributed by atoms with Crippen LogP contribution in [-0.2, 0) is 24.0 Å². The Morgan fingerprint density at radius 2 is 1.78 bits per heavy atom. The molecule has 0 spiro atoms. The van der Waals surface area contributed by atoms with Crippen LogP contribution < -0.4 is 27.8 Å². The van der Waals surface area contributed by atoms with Gasteiger partial charge in [0.15, 0.2) is 5.96 Å². The standard InChI is InChI=1S/C21H37N7O7S/c1-36-11-8-13(17(31)27-14(20(34)35)4-2-9-25-21(23)24)26-18(32)15-5-3-10-28(15)19(33)12(22)6-7-16(29)30/h12-15H,2-11,22H2,1H3,(H,26,32)(H,27,31)(H,29,30)(H,34,35)(H4,23,24,25). The number of aliphatic imine (C=N–C) groups is 1. The number of nitrogens with two attached hydrogens (primary N) is 3. The lowest BCUT2D eigenvalue weighted by atomic mass is 10.1. The van der Waals surface area contributed by atoms with Crippen LogP contribution in [-0.4, -0.2) is 100.0 Å². The average molecular weight is 532 g/mol. The van der Waals surface area contributed by atoms with Crippen LogP contribution in [0.5, 0.6) is 0 Å². The third-order valence-corrected chi connectivity index (χ3v) is 6.27. The highest BCUT2D eigenvalue weighted by Crippen LogP contribution is 2.20. The zero-order valence-electron chi connectivity index (χ0n) is 20.4. The van der Waals surface area contributed by atoms with Gasteiger partial charge in [-0.25, -0.2) is 4.79 Å². The van der Waals surface area contributed by atoms with Crippen LogP contribution in [0.25, 0.3) is 0 Å². The first-order valence-corrected chi connectivity index (χ1v) is 13.0. The molecule has 1 fully saturated rings. The van der Waals surface area contributed by atoms with E-state index in [4.69, 9.17) is 22.3 Å². The molecule has 10 N–H and O–H groups in total. The first-order chi connectivity index (χ1) is 17.0. The maximum absolute atomic E-state index is 13.0. The summed E-state index contributed by atoms with van der Waals surface area (Å²) in [7, 11) is 0. The molecule has 0 aliphatic carbocycles. The van der Waals surface area contributed by atoms with E-state index < -0.39 is 53.8 Å². The number of likely N-dealkylation sites (tertiary alicyclic amines) is 1. The average Bonchev–Trinajstić information content (AvgIpc) is 3.31. The Hall–Kier alpha value is -3.07. The molecule has 1 saturated heterocycles. The fourth-order valence-electron chi connectivity index (χ4n) is 3.72. The Morgan fingerprint density at radius 3 is 2.36 bits per heavy atom. The lowest BCUT2D eigenvalue weighted by molar-refractivity contribution is -0.143. The van der Waals surface area contributed by atoms with Gasteiger partial charge < -0.3 is 42.9 Å². The van der Waals surface area contributed by atoms with Crippen LogP contribution in [0, 0.1) is 0 Å². The second kappa shape index (κ2) is 15.8. The fraction of sp³-hybridized carbons (Fsp3) is 0.714. The molecular formula is C21H37N7O7S. The van der Waals surface area contributed by atoms with Crippen LogP contribution in [0.2, 0.25) is 0 Å². The summed E-state index contributed by atoms with van der Waals surface area (Å²) in [6.45, 7) is 0.491. The SMILES string of the molecule is CSCCC(NC(=O)C1CCCN1C(=O)C(N)CCC(=O)O)C(=O)NC(CCCN=C(N)N)C(=O)O. The van der Waals surface area contributed by atoms with E-state index >= 15 is 0 Å². The molecule has 1 heterocycles. The summed E-state index contributed by atoms with van der Waals surface area (Å²) in [5.41, 5.74) is 16.3. The Labute approximate surface area is 213 Å². The van der Waals surface area contributed by atoms with Crippen LogP contribution in [0.4, 0.5) is 0 Å². The molecule has 4 unspecified atom stereocenters. The Morgan fingerprint density at radius 1 is 1.08 bits per heavy atom. The molecule has 0 saturated carbocycles. The van der Waals surface area contributed by atoms with Gasteiger partial charge in [0.1, 0.15) is 18.1 Å². The smallest absolute Gasteiger partial charge is 0.326 e. The number of aliphatic carboxylic acids is 2. The third-order valence-electron chi connectivity index (χ3n) is 5.63. The molecule has 0 aromatic carbocycles. The Kier molecular flexibility index (Phi) is 13.6. The molecule has 0 bridgehead atoms. The summed E-state index contributed by atoms with van der Waals surface area (Å²) < 4.78 is 0. The van der Waals surface area contributed by atoms with Gasteiger partial charge in [0.25, 0.3) is 0 Å². The van der Waals surface area contributed by atoms with Crippen molar-refractivity contribution in [3.05, 3.63) is 0 Å². The van der Waals surface area contributed by atoms with E-state index in [9.17, 15) is 29.1 Å². The molecule has 0 aromatic rings. The number of carboxylic acid groups (broad SMARTS) is 2. The Balaban J connectivity index is 2.84. The highest BCUT2D eigenvalue weighted by Gasteiger charge is 2.37. The number of hydrogen-bond acceptors (Lipinski definition) is 8. The summed E-state index contributed by atoms with van der Waals surface area (Å²) in [4.78, 5) is 66.2. The zero-order chi connectivity index (χ0) is 27.3. The van der Waals surface area contributed by atoms with Crippen molar-refractivity contribution in [2.45, 2.75) is 69.1 Å². The molecule has 0 radical (unpaired) electrons. The van der Waals surface area contributed by atoms with Crippen molar-refractivity contribution in [1.82, 2.24) is 15.5 Å². The number of guanidine groups is 1. The van der Waals surface area contributed by atoms with Gasteiger partial charge in [-0.2, -0.15) is 11.8 Å².